The largest absolute Gasteiger partial charge is 0.330 e. The Morgan fingerprint density at radius 1 is 1.31 bits per heavy atom. The van der Waals surface area contributed by atoms with E-state index in [2.05, 4.69) is 35.1 Å². The van der Waals surface area contributed by atoms with E-state index >= 15 is 0 Å². The van der Waals surface area contributed by atoms with Gasteiger partial charge in [0.2, 0.25) is 0 Å². The van der Waals surface area contributed by atoms with Crippen LogP contribution in [0.2, 0.25) is 0 Å². The number of imidazole rings is 1. The second-order valence-corrected chi connectivity index (χ2v) is 4.52. The Kier molecular flexibility index (Phi) is 2.40. The van der Waals surface area contributed by atoms with Crippen molar-refractivity contribution in [1.82, 2.24) is 14.9 Å². The molecule has 0 spiro atoms. The number of nitrogens with zero attached hydrogens (tertiary/aromatic N) is 2. The summed E-state index contributed by atoms with van der Waals surface area (Å²) >= 11 is 0. The minimum Gasteiger partial charge on any atom is -0.330 e. The third kappa shape index (κ3) is 1.52. The molecule has 1 aliphatic heterocycles. The molecule has 3 rings (SSSR count). The highest BCUT2D eigenvalue weighted by Gasteiger charge is 2.20. The van der Waals surface area contributed by atoms with Crippen molar-refractivity contribution in [2.45, 2.75) is 25.3 Å². The fraction of sp³-hybridized carbons (Fsp3) is 0.462. The number of fused-ring (bicyclic) bond motifs is 1. The van der Waals surface area contributed by atoms with E-state index in [-0.39, 0.29) is 0 Å². The summed E-state index contributed by atoms with van der Waals surface area (Å²) in [6, 6.07) is 8.78. The van der Waals surface area contributed by atoms with Crippen molar-refractivity contribution in [3.8, 4) is 0 Å². The number of hydrogen-bond acceptors (Lipinski definition) is 2. The van der Waals surface area contributed by atoms with E-state index in [1.165, 1.54) is 30.6 Å². The Bertz CT molecular complexity index is 495. The summed E-state index contributed by atoms with van der Waals surface area (Å²) in [5.41, 5.74) is 2.33. The summed E-state index contributed by atoms with van der Waals surface area (Å²) in [6.07, 6.45) is 3.80. The van der Waals surface area contributed by atoms with Gasteiger partial charge in [-0.15, -0.1) is 0 Å². The summed E-state index contributed by atoms with van der Waals surface area (Å²) in [7, 11) is 2.11. The van der Waals surface area contributed by atoms with Crippen molar-refractivity contribution in [3.63, 3.8) is 0 Å². The van der Waals surface area contributed by atoms with Gasteiger partial charge in [-0.25, -0.2) is 4.98 Å². The summed E-state index contributed by atoms with van der Waals surface area (Å²) in [4.78, 5) is 4.74. The first-order valence-electron chi connectivity index (χ1n) is 6.01. The molecule has 3 nitrogen and oxygen atoms in total. The van der Waals surface area contributed by atoms with Crippen LogP contribution >= 0.6 is 0 Å². The maximum atomic E-state index is 4.74. The average molecular weight is 215 g/mol. The molecule has 0 amide bonds. The molecule has 1 aromatic heterocycles. The van der Waals surface area contributed by atoms with E-state index in [1.54, 1.807) is 0 Å². The maximum absolute atomic E-state index is 4.74. The van der Waals surface area contributed by atoms with E-state index in [1.807, 2.05) is 6.07 Å². The van der Waals surface area contributed by atoms with E-state index in [0.29, 0.717) is 6.04 Å². The van der Waals surface area contributed by atoms with Crippen LogP contribution in [0.25, 0.3) is 11.0 Å². The Labute approximate surface area is 95.5 Å². The minimum absolute atomic E-state index is 0.436. The molecule has 0 saturated carbocycles. The quantitative estimate of drug-likeness (QED) is 0.791. The zero-order chi connectivity index (χ0) is 11.0. The van der Waals surface area contributed by atoms with Crippen molar-refractivity contribution in [2.75, 3.05) is 6.54 Å². The second-order valence-electron chi connectivity index (χ2n) is 4.52. The van der Waals surface area contributed by atoms with Crippen molar-refractivity contribution in [1.29, 1.82) is 0 Å². The number of rotatable bonds is 1. The summed E-state index contributed by atoms with van der Waals surface area (Å²) in [5.74, 6) is 1.18. The predicted octanol–water partition coefficient (Wildman–Crippen LogP) is 2.39. The fourth-order valence-electron chi connectivity index (χ4n) is 2.55. The van der Waals surface area contributed by atoms with Gasteiger partial charge in [-0.2, -0.15) is 0 Å². The molecule has 0 bridgehead atoms. The fourth-order valence-corrected chi connectivity index (χ4v) is 2.55. The van der Waals surface area contributed by atoms with Crippen LogP contribution in [0.3, 0.4) is 0 Å². The van der Waals surface area contributed by atoms with Gasteiger partial charge in [0, 0.05) is 7.05 Å². The number of aryl methyl sites for hydroxylation is 1. The normalized spacial score (nSPS) is 21.4. The lowest BCUT2D eigenvalue weighted by atomic mass is 10.0. The molecule has 0 unspecified atom stereocenters. The van der Waals surface area contributed by atoms with Crippen molar-refractivity contribution >= 4 is 11.0 Å². The van der Waals surface area contributed by atoms with Crippen LogP contribution in [0.5, 0.6) is 0 Å². The number of aromatic nitrogens is 2. The van der Waals surface area contributed by atoms with Crippen LogP contribution in [-0.2, 0) is 7.05 Å². The lowest BCUT2D eigenvalue weighted by Gasteiger charge is -2.22. The van der Waals surface area contributed by atoms with Gasteiger partial charge in [0.05, 0.1) is 17.1 Å². The smallest absolute Gasteiger partial charge is 0.126 e. The van der Waals surface area contributed by atoms with Crippen LogP contribution in [0, 0.1) is 0 Å². The zero-order valence-electron chi connectivity index (χ0n) is 9.61. The Morgan fingerprint density at radius 2 is 2.19 bits per heavy atom. The van der Waals surface area contributed by atoms with E-state index < -0.39 is 0 Å². The molecule has 2 heterocycles. The highest BCUT2D eigenvalue weighted by atomic mass is 15.1. The van der Waals surface area contributed by atoms with Crippen molar-refractivity contribution in [3.05, 3.63) is 30.1 Å². The van der Waals surface area contributed by atoms with Gasteiger partial charge >= 0.3 is 0 Å². The predicted molar refractivity (Wildman–Crippen MR) is 65.3 cm³/mol. The second kappa shape index (κ2) is 3.91. The topological polar surface area (TPSA) is 29.9 Å². The number of hydrogen-bond donors (Lipinski definition) is 1. The number of piperidine rings is 1. The molecule has 2 aromatic rings. The highest BCUT2D eigenvalue weighted by Crippen LogP contribution is 2.25. The van der Waals surface area contributed by atoms with Gasteiger partial charge < -0.3 is 9.88 Å². The number of nitrogens with one attached hydrogen (secondary N) is 1. The van der Waals surface area contributed by atoms with E-state index in [0.717, 1.165) is 12.1 Å². The van der Waals surface area contributed by atoms with Crippen LogP contribution < -0.4 is 5.32 Å². The summed E-state index contributed by atoms with van der Waals surface area (Å²) < 4.78 is 2.22. The van der Waals surface area contributed by atoms with Crippen molar-refractivity contribution < 1.29 is 0 Å². The van der Waals surface area contributed by atoms with Gasteiger partial charge in [-0.05, 0) is 31.5 Å². The Hall–Kier alpha value is -1.35. The molecule has 0 aliphatic carbocycles. The molecular weight excluding hydrogens is 198 g/mol. The Morgan fingerprint density at radius 3 is 2.94 bits per heavy atom. The molecule has 1 atom stereocenters. The highest BCUT2D eigenvalue weighted by molar-refractivity contribution is 5.75. The van der Waals surface area contributed by atoms with Crippen LogP contribution in [0.15, 0.2) is 24.3 Å². The van der Waals surface area contributed by atoms with Gasteiger partial charge in [0.15, 0.2) is 0 Å². The van der Waals surface area contributed by atoms with Gasteiger partial charge in [0.25, 0.3) is 0 Å². The monoisotopic (exact) mass is 215 g/mol. The minimum atomic E-state index is 0.436. The SMILES string of the molecule is Cn1c([C@@H]2CCCCN2)nc2ccccc21. The average Bonchev–Trinajstić information content (AvgIpc) is 2.69. The van der Waals surface area contributed by atoms with E-state index in [4.69, 9.17) is 4.98 Å². The summed E-state index contributed by atoms with van der Waals surface area (Å²) in [5, 5.41) is 3.55. The van der Waals surface area contributed by atoms with Crippen LogP contribution in [0.4, 0.5) is 0 Å². The zero-order valence-corrected chi connectivity index (χ0v) is 9.61. The number of para-hydroxylation sites is 2. The van der Waals surface area contributed by atoms with Crippen LogP contribution in [0.1, 0.15) is 31.1 Å². The first-order chi connectivity index (χ1) is 7.86. The van der Waals surface area contributed by atoms with Gasteiger partial charge in [0.1, 0.15) is 5.82 Å². The third-order valence-electron chi connectivity index (χ3n) is 3.44. The lowest BCUT2D eigenvalue weighted by molar-refractivity contribution is 0.392. The third-order valence-corrected chi connectivity index (χ3v) is 3.44. The first kappa shape index (κ1) is 9.85. The molecule has 1 aliphatic rings. The Balaban J connectivity index is 2.05. The maximum Gasteiger partial charge on any atom is 0.126 e. The molecule has 84 valence electrons. The van der Waals surface area contributed by atoms with Crippen molar-refractivity contribution in [2.24, 2.45) is 7.05 Å². The number of benzene rings is 1. The molecule has 3 heteroatoms. The lowest BCUT2D eigenvalue weighted by Crippen LogP contribution is -2.28. The van der Waals surface area contributed by atoms with E-state index in [9.17, 15) is 0 Å². The molecule has 1 N–H and O–H groups in total. The molecular formula is C13H17N3. The van der Waals surface area contributed by atoms with Gasteiger partial charge in [-0.1, -0.05) is 18.6 Å². The standard InChI is InChI=1S/C13H17N3/c1-16-12-8-3-2-6-10(12)15-13(16)11-7-4-5-9-14-11/h2-3,6,8,11,14H,4-5,7,9H2,1H3/t11-/m0/s1. The molecule has 0 radical (unpaired) electrons. The molecule has 1 aromatic carbocycles. The summed E-state index contributed by atoms with van der Waals surface area (Å²) in [6.45, 7) is 1.12. The molecule has 1 saturated heterocycles. The molecule has 1 fully saturated rings. The molecule has 16 heavy (non-hydrogen) atoms. The van der Waals surface area contributed by atoms with Gasteiger partial charge in [-0.3, -0.25) is 0 Å². The van der Waals surface area contributed by atoms with Crippen LogP contribution in [-0.4, -0.2) is 16.1 Å². The first-order valence-corrected chi connectivity index (χ1v) is 6.01.